The van der Waals surface area contributed by atoms with Gasteiger partial charge in [-0.25, -0.2) is 4.98 Å². The molecule has 1 aromatic carbocycles. The van der Waals surface area contributed by atoms with Crippen molar-refractivity contribution in [3.63, 3.8) is 0 Å². The topological polar surface area (TPSA) is 59.5 Å². The molecule has 1 aliphatic rings. The molecule has 2 aromatic rings. The molecule has 0 fully saturated rings. The lowest BCUT2D eigenvalue weighted by Crippen LogP contribution is -2.24. The van der Waals surface area contributed by atoms with Gasteiger partial charge in [-0.2, -0.15) is 4.98 Å². The highest BCUT2D eigenvalue weighted by atomic mass is 16.7. The Morgan fingerprint density at radius 1 is 1.09 bits per heavy atom. The quantitative estimate of drug-likeness (QED) is 0.915. The molecule has 116 valence electrons. The second kappa shape index (κ2) is 6.09. The number of hydrogen-bond acceptors (Lipinski definition) is 6. The Balaban J connectivity index is 1.85. The summed E-state index contributed by atoms with van der Waals surface area (Å²) in [6.07, 6.45) is 0. The summed E-state index contributed by atoms with van der Waals surface area (Å²) in [6, 6.07) is 7.68. The minimum atomic E-state index is 0.275. The van der Waals surface area contributed by atoms with Gasteiger partial charge in [-0.1, -0.05) is 0 Å². The molecule has 6 heteroatoms. The molecule has 0 spiro atoms. The number of ether oxygens (including phenoxy) is 2. The minimum absolute atomic E-state index is 0.275. The molecule has 1 N–H and O–H groups in total. The normalized spacial score (nSPS) is 12.3. The summed E-state index contributed by atoms with van der Waals surface area (Å²) in [7, 11) is 0. The molecule has 0 aliphatic carbocycles. The number of nitrogens with one attached hydrogen (secondary N) is 1. The predicted molar refractivity (Wildman–Crippen MR) is 86.2 cm³/mol. The van der Waals surface area contributed by atoms with Crippen molar-refractivity contribution < 1.29 is 9.47 Å². The summed E-state index contributed by atoms with van der Waals surface area (Å²) in [6.45, 7) is 8.20. The Morgan fingerprint density at radius 3 is 2.64 bits per heavy atom. The standard InChI is InChI=1S/C16H20N4O2/c1-4-20(5-2)16-17-11(3)8-15(19-16)18-12-6-7-13-14(9-12)22-10-21-13/h6-9H,4-5,10H2,1-3H3,(H,17,18,19). The molecule has 0 saturated carbocycles. The third-order valence-electron chi connectivity index (χ3n) is 3.53. The Labute approximate surface area is 130 Å². The molecule has 0 unspecified atom stereocenters. The van der Waals surface area contributed by atoms with Crippen LogP contribution in [0.15, 0.2) is 24.3 Å². The van der Waals surface area contributed by atoms with Crippen LogP contribution in [-0.2, 0) is 0 Å². The van der Waals surface area contributed by atoms with Crippen LogP contribution in [0, 0.1) is 6.92 Å². The van der Waals surface area contributed by atoms with E-state index in [2.05, 4.69) is 34.0 Å². The highest BCUT2D eigenvalue weighted by molar-refractivity contribution is 5.62. The van der Waals surface area contributed by atoms with Gasteiger partial charge in [-0.3, -0.25) is 0 Å². The van der Waals surface area contributed by atoms with E-state index >= 15 is 0 Å². The Bertz CT molecular complexity index is 671. The third kappa shape index (κ3) is 2.90. The summed E-state index contributed by atoms with van der Waals surface area (Å²) >= 11 is 0. The van der Waals surface area contributed by atoms with Crippen LogP contribution >= 0.6 is 0 Å². The molecule has 6 nitrogen and oxygen atoms in total. The van der Waals surface area contributed by atoms with Crippen molar-refractivity contribution in [2.24, 2.45) is 0 Å². The van der Waals surface area contributed by atoms with E-state index in [0.29, 0.717) is 0 Å². The average Bonchev–Trinajstić information content (AvgIpc) is 2.95. The number of anilines is 3. The lowest BCUT2D eigenvalue weighted by molar-refractivity contribution is 0.174. The molecule has 0 atom stereocenters. The van der Waals surface area contributed by atoms with Gasteiger partial charge in [0.2, 0.25) is 12.7 Å². The first-order chi connectivity index (χ1) is 10.7. The Kier molecular flexibility index (Phi) is 4.00. The first-order valence-electron chi connectivity index (χ1n) is 7.47. The molecular formula is C16H20N4O2. The SMILES string of the molecule is CCN(CC)c1nc(C)cc(Nc2ccc3c(c2)OCO3)n1. The van der Waals surface area contributed by atoms with Gasteiger partial charge in [0.05, 0.1) is 0 Å². The molecule has 22 heavy (non-hydrogen) atoms. The molecule has 2 heterocycles. The molecule has 3 rings (SSSR count). The third-order valence-corrected chi connectivity index (χ3v) is 3.53. The number of aromatic nitrogens is 2. The fourth-order valence-corrected chi connectivity index (χ4v) is 2.39. The van der Waals surface area contributed by atoms with Gasteiger partial charge < -0.3 is 19.7 Å². The smallest absolute Gasteiger partial charge is 0.231 e. The van der Waals surface area contributed by atoms with E-state index in [1.54, 1.807) is 0 Å². The van der Waals surface area contributed by atoms with Crippen LogP contribution in [0.1, 0.15) is 19.5 Å². The Hall–Kier alpha value is -2.50. The highest BCUT2D eigenvalue weighted by Gasteiger charge is 2.14. The van der Waals surface area contributed by atoms with E-state index in [4.69, 9.17) is 9.47 Å². The van der Waals surface area contributed by atoms with Crippen molar-refractivity contribution in [1.82, 2.24) is 9.97 Å². The fraction of sp³-hybridized carbons (Fsp3) is 0.375. The van der Waals surface area contributed by atoms with Gasteiger partial charge in [0.25, 0.3) is 0 Å². The van der Waals surface area contributed by atoms with E-state index in [1.807, 2.05) is 31.2 Å². The molecule has 0 bridgehead atoms. The van der Waals surface area contributed by atoms with Gasteiger partial charge in [0.1, 0.15) is 5.82 Å². The van der Waals surface area contributed by atoms with Crippen LogP contribution in [0.25, 0.3) is 0 Å². The van der Waals surface area contributed by atoms with E-state index in [0.717, 1.165) is 47.7 Å². The van der Waals surface area contributed by atoms with Crippen LogP contribution in [0.5, 0.6) is 11.5 Å². The fourth-order valence-electron chi connectivity index (χ4n) is 2.39. The van der Waals surface area contributed by atoms with Gasteiger partial charge in [0, 0.05) is 36.6 Å². The van der Waals surface area contributed by atoms with Crippen molar-refractivity contribution >= 4 is 17.5 Å². The predicted octanol–water partition coefficient (Wildman–Crippen LogP) is 3.10. The van der Waals surface area contributed by atoms with Gasteiger partial charge in [-0.05, 0) is 32.9 Å². The monoisotopic (exact) mass is 300 g/mol. The zero-order valence-electron chi connectivity index (χ0n) is 13.1. The van der Waals surface area contributed by atoms with Crippen molar-refractivity contribution in [3.05, 3.63) is 30.0 Å². The van der Waals surface area contributed by atoms with E-state index in [9.17, 15) is 0 Å². The molecule has 0 saturated heterocycles. The average molecular weight is 300 g/mol. The lowest BCUT2D eigenvalue weighted by atomic mass is 10.2. The number of fused-ring (bicyclic) bond motifs is 1. The summed E-state index contributed by atoms with van der Waals surface area (Å²) in [5.74, 6) is 3.04. The first-order valence-corrected chi connectivity index (χ1v) is 7.47. The van der Waals surface area contributed by atoms with Crippen molar-refractivity contribution in [1.29, 1.82) is 0 Å². The summed E-state index contributed by atoms with van der Waals surface area (Å²) < 4.78 is 10.7. The molecule has 1 aliphatic heterocycles. The van der Waals surface area contributed by atoms with Gasteiger partial charge in [0.15, 0.2) is 11.5 Å². The van der Waals surface area contributed by atoms with Crippen LogP contribution in [-0.4, -0.2) is 29.9 Å². The van der Waals surface area contributed by atoms with E-state index < -0.39 is 0 Å². The second-order valence-electron chi connectivity index (χ2n) is 5.06. The number of aryl methyl sites for hydroxylation is 1. The number of nitrogens with zero attached hydrogens (tertiary/aromatic N) is 3. The van der Waals surface area contributed by atoms with Gasteiger partial charge in [-0.15, -0.1) is 0 Å². The summed E-state index contributed by atoms with van der Waals surface area (Å²) in [4.78, 5) is 11.2. The van der Waals surface area contributed by atoms with E-state index in [1.165, 1.54) is 0 Å². The largest absolute Gasteiger partial charge is 0.454 e. The first kappa shape index (κ1) is 14.4. The van der Waals surface area contributed by atoms with Crippen molar-refractivity contribution in [3.8, 4) is 11.5 Å². The molecular weight excluding hydrogens is 280 g/mol. The maximum absolute atomic E-state index is 5.39. The van der Waals surface area contributed by atoms with Gasteiger partial charge >= 0.3 is 0 Å². The number of rotatable bonds is 5. The minimum Gasteiger partial charge on any atom is -0.454 e. The highest BCUT2D eigenvalue weighted by Crippen LogP contribution is 2.35. The van der Waals surface area contributed by atoms with Crippen LogP contribution in [0.2, 0.25) is 0 Å². The van der Waals surface area contributed by atoms with Crippen LogP contribution in [0.4, 0.5) is 17.5 Å². The maximum Gasteiger partial charge on any atom is 0.231 e. The summed E-state index contributed by atoms with van der Waals surface area (Å²) in [5, 5.41) is 3.30. The second-order valence-corrected chi connectivity index (χ2v) is 5.06. The zero-order valence-corrected chi connectivity index (χ0v) is 13.1. The summed E-state index contributed by atoms with van der Waals surface area (Å²) in [5.41, 5.74) is 1.84. The van der Waals surface area contributed by atoms with Crippen molar-refractivity contribution in [2.45, 2.75) is 20.8 Å². The Morgan fingerprint density at radius 2 is 1.86 bits per heavy atom. The number of benzene rings is 1. The molecule has 1 aromatic heterocycles. The van der Waals surface area contributed by atoms with E-state index in [-0.39, 0.29) is 6.79 Å². The van der Waals surface area contributed by atoms with Crippen molar-refractivity contribution in [2.75, 3.05) is 30.1 Å². The molecule has 0 radical (unpaired) electrons. The lowest BCUT2D eigenvalue weighted by Gasteiger charge is -2.19. The van der Waals surface area contributed by atoms with Crippen LogP contribution in [0.3, 0.4) is 0 Å². The zero-order chi connectivity index (χ0) is 15.5. The van der Waals surface area contributed by atoms with Crippen LogP contribution < -0.4 is 19.7 Å². The maximum atomic E-state index is 5.39. The molecule has 0 amide bonds. The number of hydrogen-bond donors (Lipinski definition) is 1.